The summed E-state index contributed by atoms with van der Waals surface area (Å²) in [5.74, 6) is 0.509. The van der Waals surface area contributed by atoms with Gasteiger partial charge in [-0.3, -0.25) is 9.59 Å². The van der Waals surface area contributed by atoms with Crippen molar-refractivity contribution < 1.29 is 14.3 Å². The van der Waals surface area contributed by atoms with Crippen LogP contribution in [0.15, 0.2) is 78.9 Å². The van der Waals surface area contributed by atoms with Crippen molar-refractivity contribution in [3.63, 3.8) is 0 Å². The summed E-state index contributed by atoms with van der Waals surface area (Å²) in [5.41, 5.74) is 3.49. The number of hydrogen-bond donors (Lipinski definition) is 2. The molecule has 2 N–H and O–H groups in total. The van der Waals surface area contributed by atoms with Gasteiger partial charge in [-0.05, 0) is 53.8 Å². The van der Waals surface area contributed by atoms with Gasteiger partial charge in [0.2, 0.25) is 0 Å². The van der Waals surface area contributed by atoms with Crippen LogP contribution in [0.5, 0.6) is 5.75 Å². The summed E-state index contributed by atoms with van der Waals surface area (Å²) < 4.78 is 5.58. The molecule has 0 aliphatic heterocycles. The number of hydrogen-bond acceptors (Lipinski definition) is 3. The SMILES string of the molecule is CC[C@H](C)c1ccc(NC(=O)COc2cccc(C(=O)NCc3ccccc3)c2)cc1. The zero-order chi connectivity index (χ0) is 22.1. The highest BCUT2D eigenvalue weighted by atomic mass is 16.5. The molecular weight excluding hydrogens is 388 g/mol. The first kappa shape index (κ1) is 22.1. The van der Waals surface area contributed by atoms with Gasteiger partial charge in [0.25, 0.3) is 11.8 Å². The van der Waals surface area contributed by atoms with Crippen LogP contribution < -0.4 is 15.4 Å². The quantitative estimate of drug-likeness (QED) is 0.507. The molecule has 5 nitrogen and oxygen atoms in total. The van der Waals surface area contributed by atoms with E-state index in [0.29, 0.717) is 23.8 Å². The first-order valence-corrected chi connectivity index (χ1v) is 10.5. The van der Waals surface area contributed by atoms with Crippen molar-refractivity contribution in [2.75, 3.05) is 11.9 Å². The molecule has 0 heterocycles. The Labute approximate surface area is 183 Å². The molecule has 3 aromatic carbocycles. The average Bonchev–Trinajstić information content (AvgIpc) is 2.82. The maximum Gasteiger partial charge on any atom is 0.262 e. The predicted octanol–water partition coefficient (Wildman–Crippen LogP) is 5.15. The topological polar surface area (TPSA) is 67.4 Å². The number of carbonyl (C=O) groups is 2. The Hall–Kier alpha value is -3.60. The van der Waals surface area contributed by atoms with Gasteiger partial charge in [0.05, 0.1) is 0 Å². The predicted molar refractivity (Wildman–Crippen MR) is 123 cm³/mol. The van der Waals surface area contributed by atoms with E-state index >= 15 is 0 Å². The van der Waals surface area contributed by atoms with E-state index in [2.05, 4.69) is 24.5 Å². The van der Waals surface area contributed by atoms with Crippen LogP contribution in [0.25, 0.3) is 0 Å². The van der Waals surface area contributed by atoms with E-state index in [-0.39, 0.29) is 18.4 Å². The van der Waals surface area contributed by atoms with Crippen LogP contribution in [-0.2, 0) is 11.3 Å². The fourth-order valence-electron chi connectivity index (χ4n) is 3.08. The maximum absolute atomic E-state index is 12.4. The van der Waals surface area contributed by atoms with Gasteiger partial charge in [-0.1, -0.05) is 62.4 Å². The molecule has 0 radical (unpaired) electrons. The van der Waals surface area contributed by atoms with Crippen molar-refractivity contribution in [2.24, 2.45) is 0 Å². The van der Waals surface area contributed by atoms with Crippen LogP contribution in [0, 0.1) is 0 Å². The highest BCUT2D eigenvalue weighted by Crippen LogP contribution is 2.20. The monoisotopic (exact) mass is 416 g/mol. The van der Waals surface area contributed by atoms with Gasteiger partial charge < -0.3 is 15.4 Å². The summed E-state index contributed by atoms with van der Waals surface area (Å²) in [6.45, 7) is 4.64. The van der Waals surface area contributed by atoms with E-state index in [0.717, 1.165) is 17.7 Å². The summed E-state index contributed by atoms with van der Waals surface area (Å²) in [6.07, 6.45) is 1.07. The van der Waals surface area contributed by atoms with Crippen molar-refractivity contribution in [1.29, 1.82) is 0 Å². The molecule has 0 spiro atoms. The lowest BCUT2D eigenvalue weighted by molar-refractivity contribution is -0.118. The van der Waals surface area contributed by atoms with Gasteiger partial charge in [0, 0.05) is 17.8 Å². The molecule has 0 bridgehead atoms. The van der Waals surface area contributed by atoms with Gasteiger partial charge in [-0.25, -0.2) is 0 Å². The van der Waals surface area contributed by atoms with Crippen LogP contribution in [-0.4, -0.2) is 18.4 Å². The Morgan fingerprint density at radius 3 is 2.39 bits per heavy atom. The lowest BCUT2D eigenvalue weighted by Gasteiger charge is -2.11. The molecule has 3 aromatic rings. The van der Waals surface area contributed by atoms with E-state index in [1.807, 2.05) is 54.6 Å². The lowest BCUT2D eigenvalue weighted by atomic mass is 9.99. The molecule has 0 aliphatic carbocycles. The normalized spacial score (nSPS) is 11.4. The minimum atomic E-state index is -0.254. The zero-order valence-corrected chi connectivity index (χ0v) is 17.9. The van der Waals surface area contributed by atoms with E-state index < -0.39 is 0 Å². The standard InChI is InChI=1S/C26H28N2O3/c1-3-19(2)21-12-14-23(15-13-21)28-25(29)18-31-24-11-7-10-22(16-24)26(30)27-17-20-8-5-4-6-9-20/h4-16,19H,3,17-18H2,1-2H3,(H,27,30)(H,28,29)/t19-/m0/s1. The Morgan fingerprint density at radius 2 is 1.68 bits per heavy atom. The fraction of sp³-hybridized carbons (Fsp3) is 0.231. The van der Waals surface area contributed by atoms with Gasteiger partial charge in [-0.2, -0.15) is 0 Å². The molecule has 0 aliphatic rings. The first-order valence-electron chi connectivity index (χ1n) is 10.5. The van der Waals surface area contributed by atoms with Crippen molar-refractivity contribution >= 4 is 17.5 Å². The van der Waals surface area contributed by atoms with Crippen LogP contribution in [0.1, 0.15) is 47.7 Å². The third kappa shape index (κ3) is 6.71. The highest BCUT2D eigenvalue weighted by Gasteiger charge is 2.09. The number of nitrogens with one attached hydrogen (secondary N) is 2. The summed E-state index contributed by atoms with van der Waals surface area (Å²) in [4.78, 5) is 24.6. The van der Waals surface area contributed by atoms with Crippen molar-refractivity contribution in [2.45, 2.75) is 32.7 Å². The van der Waals surface area contributed by atoms with Gasteiger partial charge >= 0.3 is 0 Å². The lowest BCUT2D eigenvalue weighted by Crippen LogP contribution is -2.23. The first-order chi connectivity index (χ1) is 15.0. The van der Waals surface area contributed by atoms with Crippen molar-refractivity contribution in [3.8, 4) is 5.75 Å². The second-order valence-electron chi connectivity index (χ2n) is 7.46. The van der Waals surface area contributed by atoms with Crippen LogP contribution in [0.4, 0.5) is 5.69 Å². The maximum atomic E-state index is 12.4. The second kappa shape index (κ2) is 11.0. The Kier molecular flexibility index (Phi) is 7.82. The highest BCUT2D eigenvalue weighted by molar-refractivity contribution is 5.94. The van der Waals surface area contributed by atoms with Gasteiger partial charge in [0.15, 0.2) is 6.61 Å². The molecule has 0 aromatic heterocycles. The molecule has 31 heavy (non-hydrogen) atoms. The molecule has 160 valence electrons. The Bertz CT molecular complexity index is 1000. The smallest absolute Gasteiger partial charge is 0.262 e. The third-order valence-corrected chi connectivity index (χ3v) is 5.14. The number of benzene rings is 3. The van der Waals surface area contributed by atoms with Crippen molar-refractivity contribution in [1.82, 2.24) is 5.32 Å². The fourth-order valence-corrected chi connectivity index (χ4v) is 3.08. The summed E-state index contributed by atoms with van der Waals surface area (Å²) in [5, 5.41) is 5.71. The molecule has 2 amide bonds. The average molecular weight is 417 g/mol. The van der Waals surface area contributed by atoms with Crippen molar-refractivity contribution in [3.05, 3.63) is 95.6 Å². The van der Waals surface area contributed by atoms with E-state index in [1.165, 1.54) is 5.56 Å². The Balaban J connectivity index is 1.50. The van der Waals surface area contributed by atoms with Crippen LogP contribution in [0.3, 0.4) is 0 Å². The number of rotatable bonds is 9. The summed E-state index contributed by atoms with van der Waals surface area (Å²) in [6, 6.07) is 24.4. The summed E-state index contributed by atoms with van der Waals surface area (Å²) >= 11 is 0. The third-order valence-electron chi connectivity index (χ3n) is 5.14. The molecule has 3 rings (SSSR count). The zero-order valence-electron chi connectivity index (χ0n) is 17.9. The molecule has 0 saturated carbocycles. The molecule has 0 fully saturated rings. The largest absolute Gasteiger partial charge is 0.484 e. The summed E-state index contributed by atoms with van der Waals surface area (Å²) in [7, 11) is 0. The molecule has 0 unspecified atom stereocenters. The number of ether oxygens (including phenoxy) is 1. The van der Waals surface area contributed by atoms with Crippen LogP contribution in [0.2, 0.25) is 0 Å². The second-order valence-corrected chi connectivity index (χ2v) is 7.46. The number of amides is 2. The minimum absolute atomic E-state index is 0.137. The van der Waals surface area contributed by atoms with E-state index in [4.69, 9.17) is 4.74 Å². The van der Waals surface area contributed by atoms with Crippen LogP contribution >= 0.6 is 0 Å². The van der Waals surface area contributed by atoms with E-state index in [1.54, 1.807) is 24.3 Å². The number of anilines is 1. The van der Waals surface area contributed by atoms with Gasteiger partial charge in [0.1, 0.15) is 5.75 Å². The number of carbonyl (C=O) groups excluding carboxylic acids is 2. The molecule has 0 saturated heterocycles. The Morgan fingerprint density at radius 1 is 0.935 bits per heavy atom. The van der Waals surface area contributed by atoms with E-state index in [9.17, 15) is 9.59 Å². The molecular formula is C26H28N2O3. The minimum Gasteiger partial charge on any atom is -0.484 e. The van der Waals surface area contributed by atoms with Gasteiger partial charge in [-0.15, -0.1) is 0 Å². The molecule has 5 heteroatoms. The molecule has 1 atom stereocenters.